The van der Waals surface area contributed by atoms with Crippen LogP contribution >= 0.6 is 0 Å². The zero-order chi connectivity index (χ0) is 15.8. The Labute approximate surface area is 130 Å². The van der Waals surface area contributed by atoms with E-state index < -0.39 is 0 Å². The highest BCUT2D eigenvalue weighted by atomic mass is 16.3. The molecule has 5 heteroatoms. The summed E-state index contributed by atoms with van der Waals surface area (Å²) in [5.74, 6) is 0.182. The van der Waals surface area contributed by atoms with Crippen LogP contribution in [0.5, 0.6) is 5.75 Å². The molecule has 5 nitrogen and oxygen atoms in total. The third kappa shape index (κ3) is 2.28. The summed E-state index contributed by atoms with van der Waals surface area (Å²) in [4.78, 5) is 22.6. The van der Waals surface area contributed by atoms with Crippen molar-refractivity contribution in [2.24, 2.45) is 4.99 Å². The van der Waals surface area contributed by atoms with E-state index in [0.29, 0.717) is 11.3 Å². The summed E-state index contributed by atoms with van der Waals surface area (Å²) in [5.41, 5.74) is 2.77. The number of phenols is 1. The van der Waals surface area contributed by atoms with Gasteiger partial charge in [-0.25, -0.2) is 0 Å². The van der Waals surface area contributed by atoms with Gasteiger partial charge in [-0.1, -0.05) is 6.07 Å². The lowest BCUT2D eigenvalue weighted by Crippen LogP contribution is -2.04. The minimum absolute atomic E-state index is 0.168. The molecule has 0 bridgehead atoms. The number of nitrogens with zero attached hydrogens (tertiary/aromatic N) is 1. The van der Waals surface area contributed by atoms with Gasteiger partial charge in [-0.15, -0.1) is 0 Å². The molecule has 0 aliphatic heterocycles. The predicted molar refractivity (Wildman–Crippen MR) is 91.8 cm³/mol. The summed E-state index contributed by atoms with van der Waals surface area (Å²) in [7, 11) is 0. The second kappa shape index (κ2) is 5.14. The van der Waals surface area contributed by atoms with Crippen LogP contribution in [0.3, 0.4) is 0 Å². The fourth-order valence-corrected chi connectivity index (χ4v) is 2.70. The van der Waals surface area contributed by atoms with E-state index in [9.17, 15) is 9.90 Å². The van der Waals surface area contributed by atoms with Crippen molar-refractivity contribution in [3.63, 3.8) is 0 Å². The summed E-state index contributed by atoms with van der Waals surface area (Å²) in [6.45, 7) is 0. The lowest BCUT2D eigenvalue weighted by molar-refractivity contribution is 0.475. The van der Waals surface area contributed by atoms with Gasteiger partial charge in [0.05, 0.1) is 11.3 Å². The van der Waals surface area contributed by atoms with Gasteiger partial charge in [0.15, 0.2) is 0 Å². The number of pyridine rings is 1. The SMILES string of the molecule is O=c1[nH]c2ccc3[nH]cccc3c2c1C=Nc1ccc(O)cc1. The first kappa shape index (κ1) is 13.3. The molecule has 4 rings (SSSR count). The van der Waals surface area contributed by atoms with E-state index in [4.69, 9.17) is 0 Å². The smallest absolute Gasteiger partial charge is 0.257 e. The number of aromatic nitrogens is 2. The molecule has 0 amide bonds. The summed E-state index contributed by atoms with van der Waals surface area (Å²) in [6, 6.07) is 14.2. The number of aromatic hydroxyl groups is 1. The number of aliphatic imine (C=N–C) groups is 1. The second-order valence-electron chi connectivity index (χ2n) is 5.26. The molecule has 112 valence electrons. The van der Waals surface area contributed by atoms with Gasteiger partial charge in [0, 0.05) is 34.2 Å². The van der Waals surface area contributed by atoms with Crippen molar-refractivity contribution >= 4 is 33.7 Å². The summed E-state index contributed by atoms with van der Waals surface area (Å²) in [5, 5.41) is 11.1. The lowest BCUT2D eigenvalue weighted by Gasteiger charge is -2.00. The first-order valence-electron chi connectivity index (χ1n) is 7.17. The van der Waals surface area contributed by atoms with Crippen molar-refractivity contribution in [2.45, 2.75) is 0 Å². The average Bonchev–Trinajstić information content (AvgIpc) is 2.90. The van der Waals surface area contributed by atoms with E-state index in [1.54, 1.807) is 30.5 Å². The van der Waals surface area contributed by atoms with Crippen LogP contribution in [0.1, 0.15) is 5.56 Å². The topological polar surface area (TPSA) is 81.2 Å². The average molecular weight is 303 g/mol. The molecule has 0 saturated carbocycles. The molecule has 0 aliphatic carbocycles. The molecule has 0 unspecified atom stereocenters. The highest BCUT2D eigenvalue weighted by molar-refractivity contribution is 6.13. The molecule has 4 aromatic rings. The predicted octanol–water partition coefficient (Wildman–Crippen LogP) is 3.47. The minimum atomic E-state index is -0.168. The summed E-state index contributed by atoms with van der Waals surface area (Å²) < 4.78 is 0. The molecule has 0 spiro atoms. The third-order valence-corrected chi connectivity index (χ3v) is 3.80. The molecule has 0 fully saturated rings. The lowest BCUT2D eigenvalue weighted by atomic mass is 10.1. The molecule has 2 heterocycles. The van der Waals surface area contributed by atoms with Crippen LogP contribution in [0.25, 0.3) is 21.8 Å². The maximum Gasteiger partial charge on any atom is 0.257 e. The van der Waals surface area contributed by atoms with Crippen LogP contribution < -0.4 is 5.56 Å². The molecule has 0 saturated heterocycles. The first-order chi connectivity index (χ1) is 11.2. The number of fused-ring (bicyclic) bond motifs is 3. The second-order valence-corrected chi connectivity index (χ2v) is 5.26. The van der Waals surface area contributed by atoms with Crippen LogP contribution in [0, 0.1) is 0 Å². The highest BCUT2D eigenvalue weighted by Crippen LogP contribution is 2.24. The van der Waals surface area contributed by atoms with Gasteiger partial charge in [0.2, 0.25) is 0 Å². The van der Waals surface area contributed by atoms with Gasteiger partial charge in [-0.05, 0) is 42.5 Å². The highest BCUT2D eigenvalue weighted by Gasteiger charge is 2.10. The Kier molecular flexibility index (Phi) is 2.98. The number of benzene rings is 2. The Morgan fingerprint density at radius 1 is 1.00 bits per heavy atom. The van der Waals surface area contributed by atoms with Gasteiger partial charge < -0.3 is 15.1 Å². The molecular formula is C18H13N3O2. The van der Waals surface area contributed by atoms with Crippen LogP contribution in [0.15, 0.2) is 64.5 Å². The molecular weight excluding hydrogens is 290 g/mol. The number of H-pyrrole nitrogens is 2. The standard InChI is InChI=1S/C18H13N3O2/c22-12-5-3-11(4-6-12)20-10-14-17-13-2-1-9-19-15(13)7-8-16(17)21-18(14)23/h1-10,19,22H,(H,21,23). The molecule has 23 heavy (non-hydrogen) atoms. The maximum absolute atomic E-state index is 12.3. The quantitative estimate of drug-likeness (QED) is 0.496. The zero-order valence-corrected chi connectivity index (χ0v) is 12.1. The number of hydrogen-bond donors (Lipinski definition) is 3. The van der Waals surface area contributed by atoms with Gasteiger partial charge >= 0.3 is 0 Å². The van der Waals surface area contributed by atoms with Crippen LogP contribution in [-0.4, -0.2) is 21.3 Å². The normalized spacial score (nSPS) is 11.7. The minimum Gasteiger partial charge on any atom is -0.508 e. The van der Waals surface area contributed by atoms with E-state index >= 15 is 0 Å². The fourth-order valence-electron chi connectivity index (χ4n) is 2.70. The Bertz CT molecular complexity index is 1090. The molecule has 0 aliphatic rings. The largest absolute Gasteiger partial charge is 0.508 e. The van der Waals surface area contributed by atoms with Gasteiger partial charge in [0.1, 0.15) is 5.75 Å². The van der Waals surface area contributed by atoms with Crippen LogP contribution in [0.2, 0.25) is 0 Å². The van der Waals surface area contributed by atoms with Gasteiger partial charge in [0.25, 0.3) is 5.56 Å². The van der Waals surface area contributed by atoms with Crippen molar-refractivity contribution < 1.29 is 5.11 Å². The van der Waals surface area contributed by atoms with E-state index in [1.165, 1.54) is 0 Å². The number of rotatable bonds is 2. The molecule has 2 aromatic carbocycles. The first-order valence-corrected chi connectivity index (χ1v) is 7.17. The number of phenolic OH excluding ortho intramolecular Hbond substituents is 1. The van der Waals surface area contributed by atoms with Gasteiger partial charge in [-0.3, -0.25) is 9.79 Å². The van der Waals surface area contributed by atoms with Crippen molar-refractivity contribution in [3.8, 4) is 5.75 Å². The Hall–Kier alpha value is -3.34. The van der Waals surface area contributed by atoms with E-state index in [0.717, 1.165) is 21.8 Å². The van der Waals surface area contributed by atoms with Crippen molar-refractivity contribution in [2.75, 3.05) is 0 Å². The fraction of sp³-hybridized carbons (Fsp3) is 0. The third-order valence-electron chi connectivity index (χ3n) is 3.80. The van der Waals surface area contributed by atoms with E-state index in [1.807, 2.05) is 30.5 Å². The molecule has 2 aromatic heterocycles. The van der Waals surface area contributed by atoms with Crippen molar-refractivity contribution in [1.82, 2.24) is 9.97 Å². The van der Waals surface area contributed by atoms with E-state index in [-0.39, 0.29) is 11.3 Å². The summed E-state index contributed by atoms with van der Waals surface area (Å²) >= 11 is 0. The Morgan fingerprint density at radius 3 is 2.61 bits per heavy atom. The number of hydrogen-bond acceptors (Lipinski definition) is 3. The molecule has 0 radical (unpaired) electrons. The Balaban J connectivity index is 1.92. The van der Waals surface area contributed by atoms with Crippen molar-refractivity contribution in [1.29, 1.82) is 0 Å². The van der Waals surface area contributed by atoms with E-state index in [2.05, 4.69) is 15.0 Å². The maximum atomic E-state index is 12.3. The zero-order valence-electron chi connectivity index (χ0n) is 12.1. The Morgan fingerprint density at radius 2 is 1.78 bits per heavy atom. The molecule has 0 atom stereocenters. The van der Waals surface area contributed by atoms with Gasteiger partial charge in [-0.2, -0.15) is 0 Å². The van der Waals surface area contributed by atoms with Crippen LogP contribution in [-0.2, 0) is 0 Å². The summed E-state index contributed by atoms with van der Waals surface area (Å²) in [6.07, 6.45) is 3.42. The number of aromatic amines is 2. The number of nitrogens with one attached hydrogen (secondary N) is 2. The van der Waals surface area contributed by atoms with Crippen molar-refractivity contribution in [3.05, 3.63) is 70.6 Å². The van der Waals surface area contributed by atoms with Crippen LogP contribution in [0.4, 0.5) is 5.69 Å². The monoisotopic (exact) mass is 303 g/mol. The molecule has 3 N–H and O–H groups in total.